The van der Waals surface area contributed by atoms with E-state index < -0.39 is 6.10 Å². The number of hydrogen-bond acceptors (Lipinski definition) is 2. The molecule has 0 amide bonds. The fraction of sp³-hybridized carbons (Fsp3) is 0.538. The molecule has 0 aliphatic heterocycles. The second-order valence-electron chi connectivity index (χ2n) is 4.60. The molecular formula is C13H16Cl2O2. The maximum Gasteiger partial charge on any atom is 0.0832 e. The molecule has 94 valence electrons. The third-order valence-electron chi connectivity index (χ3n) is 3.60. The van der Waals surface area contributed by atoms with Crippen molar-refractivity contribution < 1.29 is 9.84 Å². The summed E-state index contributed by atoms with van der Waals surface area (Å²) < 4.78 is 5.50. The summed E-state index contributed by atoms with van der Waals surface area (Å²) in [6.45, 7) is 0. The van der Waals surface area contributed by atoms with E-state index in [4.69, 9.17) is 27.9 Å². The lowest BCUT2D eigenvalue weighted by Gasteiger charge is -2.42. The first kappa shape index (κ1) is 13.2. The van der Waals surface area contributed by atoms with Gasteiger partial charge in [-0.3, -0.25) is 0 Å². The van der Waals surface area contributed by atoms with E-state index in [2.05, 4.69) is 0 Å². The van der Waals surface area contributed by atoms with Crippen LogP contribution in [0.15, 0.2) is 18.2 Å². The summed E-state index contributed by atoms with van der Waals surface area (Å²) in [5.41, 5.74) is 0.507. The minimum Gasteiger partial charge on any atom is -0.388 e. The second kappa shape index (κ2) is 5.15. The Bertz CT molecular complexity index is 397. The Morgan fingerprint density at radius 2 is 2.12 bits per heavy atom. The van der Waals surface area contributed by atoms with Gasteiger partial charge in [-0.15, -0.1) is 0 Å². The first-order valence-electron chi connectivity index (χ1n) is 5.75. The Kier molecular flexibility index (Phi) is 3.99. The maximum absolute atomic E-state index is 10.2. The zero-order valence-electron chi connectivity index (χ0n) is 9.75. The summed E-state index contributed by atoms with van der Waals surface area (Å²) in [5.74, 6) is 0. The van der Waals surface area contributed by atoms with Crippen molar-refractivity contribution in [1.29, 1.82) is 0 Å². The van der Waals surface area contributed by atoms with Gasteiger partial charge in [-0.25, -0.2) is 0 Å². The van der Waals surface area contributed by atoms with E-state index in [1.54, 1.807) is 25.3 Å². The first-order chi connectivity index (χ1) is 8.08. The predicted molar refractivity (Wildman–Crippen MR) is 69.6 cm³/mol. The van der Waals surface area contributed by atoms with Crippen LogP contribution in [0.3, 0.4) is 0 Å². The van der Waals surface area contributed by atoms with Gasteiger partial charge in [0.2, 0.25) is 0 Å². The predicted octanol–water partition coefficient (Wildman–Crippen LogP) is 3.99. The minimum atomic E-state index is -0.624. The van der Waals surface area contributed by atoms with Gasteiger partial charge in [-0.05, 0) is 25.3 Å². The molecule has 0 heterocycles. The van der Waals surface area contributed by atoms with Gasteiger partial charge in [0.15, 0.2) is 0 Å². The molecule has 1 unspecified atom stereocenters. The van der Waals surface area contributed by atoms with Crippen LogP contribution in [0.5, 0.6) is 0 Å². The normalized spacial score (nSPS) is 19.8. The molecule has 1 aromatic rings. The fourth-order valence-corrected chi connectivity index (χ4v) is 2.74. The molecule has 0 bridgehead atoms. The van der Waals surface area contributed by atoms with E-state index in [1.807, 2.05) is 0 Å². The lowest BCUT2D eigenvalue weighted by Crippen LogP contribution is -2.40. The summed E-state index contributed by atoms with van der Waals surface area (Å²) in [6, 6.07) is 5.32. The van der Waals surface area contributed by atoms with Gasteiger partial charge in [0.05, 0.1) is 21.8 Å². The van der Waals surface area contributed by atoms with E-state index in [-0.39, 0.29) is 5.60 Å². The van der Waals surface area contributed by atoms with Crippen molar-refractivity contribution in [3.05, 3.63) is 33.8 Å². The van der Waals surface area contributed by atoms with E-state index >= 15 is 0 Å². The monoisotopic (exact) mass is 274 g/mol. The highest BCUT2D eigenvalue weighted by molar-refractivity contribution is 6.42. The zero-order valence-corrected chi connectivity index (χ0v) is 11.3. The molecule has 0 saturated heterocycles. The van der Waals surface area contributed by atoms with Crippen LogP contribution in [-0.4, -0.2) is 17.8 Å². The van der Waals surface area contributed by atoms with Crippen LogP contribution in [0, 0.1) is 0 Å². The van der Waals surface area contributed by atoms with Crippen molar-refractivity contribution in [2.24, 2.45) is 0 Å². The second-order valence-corrected chi connectivity index (χ2v) is 5.39. The molecular weight excluding hydrogens is 259 g/mol. The number of benzene rings is 1. The van der Waals surface area contributed by atoms with Gasteiger partial charge in [-0.2, -0.15) is 0 Å². The number of methoxy groups -OCH3 is 1. The van der Waals surface area contributed by atoms with Crippen LogP contribution < -0.4 is 0 Å². The molecule has 1 aromatic carbocycles. The summed E-state index contributed by atoms with van der Waals surface area (Å²) in [4.78, 5) is 0. The molecule has 1 aliphatic rings. The quantitative estimate of drug-likeness (QED) is 0.900. The number of aliphatic hydroxyl groups is 1. The minimum absolute atomic E-state index is 0.176. The van der Waals surface area contributed by atoms with Crippen LogP contribution in [-0.2, 0) is 4.74 Å². The first-order valence-corrected chi connectivity index (χ1v) is 6.51. The Hall–Kier alpha value is -0.280. The highest BCUT2D eigenvalue weighted by Gasteiger charge is 2.39. The number of ether oxygens (including phenoxy) is 1. The third kappa shape index (κ3) is 2.60. The topological polar surface area (TPSA) is 29.5 Å². The summed E-state index contributed by atoms with van der Waals surface area (Å²) in [5, 5.41) is 11.1. The van der Waals surface area contributed by atoms with Crippen molar-refractivity contribution in [2.45, 2.75) is 37.4 Å². The smallest absolute Gasteiger partial charge is 0.0832 e. The van der Waals surface area contributed by atoms with Crippen LogP contribution in [0.4, 0.5) is 0 Å². The lowest BCUT2D eigenvalue weighted by molar-refractivity contribution is -0.0998. The fourth-order valence-electron chi connectivity index (χ4n) is 2.30. The molecule has 1 saturated carbocycles. The summed E-state index contributed by atoms with van der Waals surface area (Å²) in [7, 11) is 1.70. The number of rotatable bonds is 4. The van der Waals surface area contributed by atoms with E-state index in [9.17, 15) is 5.11 Å². The largest absolute Gasteiger partial charge is 0.388 e. The number of halogens is 2. The maximum atomic E-state index is 10.2. The standard InChI is InChI=1S/C13H16Cl2O2/c1-17-13(6-3-7-13)8-11(16)9-4-2-5-10(14)12(9)15/h2,4-5,11,16H,3,6-8H2,1H3. The lowest BCUT2D eigenvalue weighted by atomic mass is 9.75. The molecule has 1 fully saturated rings. The molecule has 1 atom stereocenters. The van der Waals surface area contributed by atoms with Crippen LogP contribution in [0.1, 0.15) is 37.4 Å². The molecule has 2 nitrogen and oxygen atoms in total. The van der Waals surface area contributed by atoms with Crippen LogP contribution in [0.2, 0.25) is 10.0 Å². The zero-order chi connectivity index (χ0) is 12.5. The van der Waals surface area contributed by atoms with Crippen molar-refractivity contribution in [3.63, 3.8) is 0 Å². The SMILES string of the molecule is COC1(CC(O)c2cccc(Cl)c2Cl)CCC1. The Morgan fingerprint density at radius 3 is 2.65 bits per heavy atom. The molecule has 17 heavy (non-hydrogen) atoms. The van der Waals surface area contributed by atoms with E-state index in [1.165, 1.54) is 0 Å². The summed E-state index contributed by atoms with van der Waals surface area (Å²) >= 11 is 12.0. The van der Waals surface area contributed by atoms with E-state index in [0.717, 1.165) is 19.3 Å². The highest BCUT2D eigenvalue weighted by Crippen LogP contribution is 2.43. The van der Waals surface area contributed by atoms with Crippen molar-refractivity contribution in [2.75, 3.05) is 7.11 Å². The molecule has 2 rings (SSSR count). The Labute approximate surface area is 111 Å². The van der Waals surface area contributed by atoms with Crippen LogP contribution >= 0.6 is 23.2 Å². The summed E-state index contributed by atoms with van der Waals surface area (Å²) in [6.07, 6.45) is 3.10. The van der Waals surface area contributed by atoms with Gasteiger partial charge < -0.3 is 9.84 Å². The molecule has 4 heteroatoms. The molecule has 0 radical (unpaired) electrons. The Balaban J connectivity index is 2.14. The van der Waals surface area contributed by atoms with Gasteiger partial charge in [0.1, 0.15) is 0 Å². The van der Waals surface area contributed by atoms with E-state index in [0.29, 0.717) is 22.0 Å². The van der Waals surface area contributed by atoms with Crippen molar-refractivity contribution >= 4 is 23.2 Å². The molecule has 1 aliphatic carbocycles. The van der Waals surface area contributed by atoms with Crippen molar-refractivity contribution in [1.82, 2.24) is 0 Å². The van der Waals surface area contributed by atoms with Gasteiger partial charge in [0.25, 0.3) is 0 Å². The van der Waals surface area contributed by atoms with Gasteiger partial charge in [-0.1, -0.05) is 35.3 Å². The van der Waals surface area contributed by atoms with Crippen LogP contribution in [0.25, 0.3) is 0 Å². The number of aliphatic hydroxyl groups excluding tert-OH is 1. The third-order valence-corrected chi connectivity index (χ3v) is 4.44. The van der Waals surface area contributed by atoms with Gasteiger partial charge in [0, 0.05) is 19.1 Å². The average Bonchev–Trinajstić information content (AvgIpc) is 2.27. The van der Waals surface area contributed by atoms with Crippen molar-refractivity contribution in [3.8, 4) is 0 Å². The molecule has 0 spiro atoms. The Morgan fingerprint density at radius 1 is 1.41 bits per heavy atom. The number of hydrogen-bond donors (Lipinski definition) is 1. The molecule has 1 N–H and O–H groups in total. The average molecular weight is 275 g/mol. The van der Waals surface area contributed by atoms with Gasteiger partial charge >= 0.3 is 0 Å². The highest BCUT2D eigenvalue weighted by atomic mass is 35.5. The molecule has 0 aromatic heterocycles.